The number of aromatic nitrogens is 3. The summed E-state index contributed by atoms with van der Waals surface area (Å²) in [5, 5.41) is 7.99. The van der Waals surface area contributed by atoms with Gasteiger partial charge in [0, 0.05) is 16.6 Å². The molecule has 17 heavy (non-hydrogen) atoms. The van der Waals surface area contributed by atoms with E-state index < -0.39 is 0 Å². The van der Waals surface area contributed by atoms with Crippen LogP contribution < -0.4 is 5.73 Å². The standard InChI is InChI=1S/C11H12BrFN4/c12-10-3-2-8(13)6-9(10)11-7-17(16-15-11)5-1-4-14/h2-3,6-7H,1,4-5,14H2. The van der Waals surface area contributed by atoms with Crippen LogP contribution in [0.2, 0.25) is 0 Å². The lowest BCUT2D eigenvalue weighted by molar-refractivity contribution is 0.564. The van der Waals surface area contributed by atoms with Gasteiger partial charge in [0.1, 0.15) is 11.5 Å². The van der Waals surface area contributed by atoms with Crippen molar-refractivity contribution in [3.05, 3.63) is 34.7 Å². The number of hydrogen-bond acceptors (Lipinski definition) is 3. The smallest absolute Gasteiger partial charge is 0.123 e. The molecule has 0 unspecified atom stereocenters. The molecule has 4 nitrogen and oxygen atoms in total. The Morgan fingerprint density at radius 2 is 2.24 bits per heavy atom. The van der Waals surface area contributed by atoms with Gasteiger partial charge in [0.25, 0.3) is 0 Å². The average molecular weight is 299 g/mol. The molecule has 2 rings (SSSR count). The second-order valence-electron chi connectivity index (χ2n) is 3.63. The summed E-state index contributed by atoms with van der Waals surface area (Å²) in [6.45, 7) is 1.33. The fourth-order valence-electron chi connectivity index (χ4n) is 1.48. The Balaban J connectivity index is 2.27. The van der Waals surface area contributed by atoms with Crippen LogP contribution in [-0.4, -0.2) is 21.5 Å². The first kappa shape index (κ1) is 12.2. The molecule has 0 aliphatic heterocycles. The van der Waals surface area contributed by atoms with Crippen LogP contribution in [0.1, 0.15) is 6.42 Å². The molecule has 0 amide bonds. The molecule has 0 fully saturated rings. The molecule has 0 aliphatic rings. The lowest BCUT2D eigenvalue weighted by atomic mass is 10.2. The molecule has 2 N–H and O–H groups in total. The lowest BCUT2D eigenvalue weighted by Gasteiger charge is -2.00. The summed E-state index contributed by atoms with van der Waals surface area (Å²) in [5.74, 6) is -0.292. The molecule has 0 radical (unpaired) electrons. The fourth-order valence-corrected chi connectivity index (χ4v) is 1.93. The molecule has 0 spiro atoms. The summed E-state index contributed by atoms with van der Waals surface area (Å²) in [6, 6.07) is 4.48. The van der Waals surface area contributed by atoms with Crippen molar-refractivity contribution in [3.63, 3.8) is 0 Å². The second-order valence-corrected chi connectivity index (χ2v) is 4.49. The minimum absolute atomic E-state index is 0.292. The number of aryl methyl sites for hydroxylation is 1. The Labute approximate surface area is 107 Å². The van der Waals surface area contributed by atoms with E-state index in [1.807, 2.05) is 0 Å². The third-order valence-electron chi connectivity index (χ3n) is 2.33. The average Bonchev–Trinajstić information content (AvgIpc) is 2.78. The number of benzene rings is 1. The molecule has 90 valence electrons. The van der Waals surface area contributed by atoms with E-state index in [0.29, 0.717) is 17.8 Å². The molecule has 1 aromatic carbocycles. The van der Waals surface area contributed by atoms with Crippen LogP contribution in [0.3, 0.4) is 0 Å². The van der Waals surface area contributed by atoms with Gasteiger partial charge in [-0.25, -0.2) is 4.39 Å². The van der Waals surface area contributed by atoms with Crippen molar-refractivity contribution in [2.45, 2.75) is 13.0 Å². The van der Waals surface area contributed by atoms with E-state index in [4.69, 9.17) is 5.73 Å². The minimum atomic E-state index is -0.292. The van der Waals surface area contributed by atoms with Crippen molar-refractivity contribution in [2.75, 3.05) is 6.54 Å². The van der Waals surface area contributed by atoms with Crippen molar-refractivity contribution in [1.29, 1.82) is 0 Å². The van der Waals surface area contributed by atoms with Crippen LogP contribution in [0.15, 0.2) is 28.9 Å². The van der Waals surface area contributed by atoms with Gasteiger partial charge in [-0.05, 0) is 31.2 Å². The quantitative estimate of drug-likeness (QED) is 0.941. The Bertz CT molecular complexity index is 512. The molecule has 0 saturated heterocycles. The highest BCUT2D eigenvalue weighted by atomic mass is 79.9. The number of hydrogen-bond donors (Lipinski definition) is 1. The molecule has 2 aromatic rings. The van der Waals surface area contributed by atoms with E-state index in [1.165, 1.54) is 12.1 Å². The van der Waals surface area contributed by atoms with Crippen LogP contribution in [-0.2, 0) is 6.54 Å². The first-order chi connectivity index (χ1) is 8.20. The third kappa shape index (κ3) is 2.89. The van der Waals surface area contributed by atoms with Gasteiger partial charge in [0.15, 0.2) is 0 Å². The molecule has 0 aliphatic carbocycles. The molecular formula is C11H12BrFN4. The summed E-state index contributed by atoms with van der Waals surface area (Å²) in [4.78, 5) is 0. The Kier molecular flexibility index (Phi) is 3.86. The largest absolute Gasteiger partial charge is 0.330 e. The van der Waals surface area contributed by atoms with E-state index >= 15 is 0 Å². The number of nitrogens with zero attached hydrogens (tertiary/aromatic N) is 3. The van der Waals surface area contributed by atoms with E-state index in [0.717, 1.165) is 17.4 Å². The van der Waals surface area contributed by atoms with Crippen molar-refractivity contribution in [3.8, 4) is 11.3 Å². The zero-order valence-electron chi connectivity index (χ0n) is 9.11. The molecule has 0 bridgehead atoms. The highest BCUT2D eigenvalue weighted by Crippen LogP contribution is 2.27. The third-order valence-corrected chi connectivity index (χ3v) is 3.03. The second kappa shape index (κ2) is 5.37. The molecule has 6 heteroatoms. The topological polar surface area (TPSA) is 56.7 Å². The van der Waals surface area contributed by atoms with E-state index in [9.17, 15) is 4.39 Å². The predicted molar refractivity (Wildman–Crippen MR) is 66.8 cm³/mol. The monoisotopic (exact) mass is 298 g/mol. The van der Waals surface area contributed by atoms with Gasteiger partial charge in [-0.2, -0.15) is 0 Å². The molecule has 1 heterocycles. The first-order valence-corrected chi connectivity index (χ1v) is 6.05. The van der Waals surface area contributed by atoms with Crippen LogP contribution in [0, 0.1) is 5.82 Å². The fraction of sp³-hybridized carbons (Fsp3) is 0.273. The summed E-state index contributed by atoms with van der Waals surface area (Å²) in [6.07, 6.45) is 2.63. The Hall–Kier alpha value is -1.27. The van der Waals surface area contributed by atoms with E-state index in [1.54, 1.807) is 16.9 Å². The lowest BCUT2D eigenvalue weighted by Crippen LogP contribution is -2.06. The number of halogens is 2. The Morgan fingerprint density at radius 1 is 1.41 bits per heavy atom. The van der Waals surface area contributed by atoms with Crippen LogP contribution >= 0.6 is 15.9 Å². The van der Waals surface area contributed by atoms with E-state index in [-0.39, 0.29) is 5.82 Å². The van der Waals surface area contributed by atoms with Crippen LogP contribution in [0.5, 0.6) is 0 Å². The summed E-state index contributed by atoms with van der Waals surface area (Å²) in [7, 11) is 0. The number of nitrogens with two attached hydrogens (primary N) is 1. The van der Waals surface area contributed by atoms with Crippen LogP contribution in [0.25, 0.3) is 11.3 Å². The van der Waals surface area contributed by atoms with Gasteiger partial charge >= 0.3 is 0 Å². The highest BCUT2D eigenvalue weighted by molar-refractivity contribution is 9.10. The maximum absolute atomic E-state index is 13.1. The van der Waals surface area contributed by atoms with Crippen molar-refractivity contribution >= 4 is 15.9 Å². The van der Waals surface area contributed by atoms with Gasteiger partial charge < -0.3 is 5.73 Å². The maximum atomic E-state index is 13.1. The van der Waals surface area contributed by atoms with Gasteiger partial charge in [-0.3, -0.25) is 4.68 Å². The molecule has 0 saturated carbocycles. The van der Waals surface area contributed by atoms with E-state index in [2.05, 4.69) is 26.2 Å². The SMILES string of the molecule is NCCCn1cc(-c2cc(F)ccc2Br)nn1. The summed E-state index contributed by atoms with van der Waals surface area (Å²) in [5.41, 5.74) is 6.76. The zero-order chi connectivity index (χ0) is 12.3. The Morgan fingerprint density at radius 3 is 3.00 bits per heavy atom. The minimum Gasteiger partial charge on any atom is -0.330 e. The van der Waals surface area contributed by atoms with Gasteiger partial charge in [0.05, 0.1) is 6.20 Å². The van der Waals surface area contributed by atoms with Gasteiger partial charge in [-0.1, -0.05) is 21.1 Å². The maximum Gasteiger partial charge on any atom is 0.123 e. The zero-order valence-corrected chi connectivity index (χ0v) is 10.7. The van der Waals surface area contributed by atoms with Crippen molar-refractivity contribution < 1.29 is 4.39 Å². The van der Waals surface area contributed by atoms with Crippen LogP contribution in [0.4, 0.5) is 4.39 Å². The summed E-state index contributed by atoms with van der Waals surface area (Å²) >= 11 is 3.37. The molecular weight excluding hydrogens is 287 g/mol. The normalized spacial score (nSPS) is 10.8. The highest BCUT2D eigenvalue weighted by Gasteiger charge is 2.08. The first-order valence-electron chi connectivity index (χ1n) is 5.26. The summed E-state index contributed by atoms with van der Waals surface area (Å²) < 4.78 is 15.7. The van der Waals surface area contributed by atoms with Gasteiger partial charge in [0.2, 0.25) is 0 Å². The van der Waals surface area contributed by atoms with Crippen molar-refractivity contribution in [2.24, 2.45) is 5.73 Å². The number of rotatable bonds is 4. The van der Waals surface area contributed by atoms with Gasteiger partial charge in [-0.15, -0.1) is 5.10 Å². The molecule has 0 atom stereocenters. The predicted octanol–water partition coefficient (Wildman–Crippen LogP) is 2.20. The van der Waals surface area contributed by atoms with Crippen molar-refractivity contribution in [1.82, 2.24) is 15.0 Å². The molecule has 1 aromatic heterocycles.